The Morgan fingerprint density at radius 3 is 2.40 bits per heavy atom. The predicted molar refractivity (Wildman–Crippen MR) is 63.0 cm³/mol. The van der Waals surface area contributed by atoms with Gasteiger partial charge in [-0.3, -0.25) is 0 Å². The molecule has 0 amide bonds. The smallest absolute Gasteiger partial charge is 0.107 e. The van der Waals surface area contributed by atoms with E-state index in [2.05, 4.69) is 0 Å². The van der Waals surface area contributed by atoms with Gasteiger partial charge in [-0.15, -0.1) is 0 Å². The monoisotopic (exact) mass is 210 g/mol. The van der Waals surface area contributed by atoms with Gasteiger partial charge in [0.05, 0.1) is 0 Å². The van der Waals surface area contributed by atoms with Crippen molar-refractivity contribution in [3.63, 3.8) is 0 Å². The number of hydrogen-bond acceptors (Lipinski definition) is 2. The number of nitrogens with two attached hydrogens (primary N) is 1. The molecular weight excluding hydrogens is 191 g/mol. The number of benzene rings is 1. The van der Waals surface area contributed by atoms with Crippen LogP contribution in [0.5, 0.6) is 0 Å². The van der Waals surface area contributed by atoms with E-state index in [1.165, 1.54) is 5.56 Å². The van der Waals surface area contributed by atoms with Crippen LogP contribution < -0.4 is 10.6 Å². The summed E-state index contributed by atoms with van der Waals surface area (Å²) in [6.07, 6.45) is 0.897. The van der Waals surface area contributed by atoms with Crippen molar-refractivity contribution < 1.29 is 4.39 Å². The van der Waals surface area contributed by atoms with Gasteiger partial charge in [-0.2, -0.15) is 0 Å². The number of alkyl halides is 1. The summed E-state index contributed by atoms with van der Waals surface area (Å²) < 4.78 is 12.4. The molecule has 0 saturated carbocycles. The molecule has 0 fully saturated rings. The van der Waals surface area contributed by atoms with Crippen LogP contribution in [-0.4, -0.2) is 26.3 Å². The van der Waals surface area contributed by atoms with Crippen molar-refractivity contribution >= 4 is 5.69 Å². The maximum Gasteiger partial charge on any atom is 0.107 e. The highest BCUT2D eigenvalue weighted by atomic mass is 19.1. The van der Waals surface area contributed by atoms with Crippen LogP contribution in [0.25, 0.3) is 0 Å². The zero-order valence-electron chi connectivity index (χ0n) is 9.25. The molecule has 0 radical (unpaired) electrons. The fourth-order valence-electron chi connectivity index (χ4n) is 1.51. The molecule has 0 aliphatic rings. The first-order valence-electron chi connectivity index (χ1n) is 5.35. The van der Waals surface area contributed by atoms with Crippen molar-refractivity contribution in [2.75, 3.05) is 31.2 Å². The van der Waals surface area contributed by atoms with E-state index >= 15 is 0 Å². The quantitative estimate of drug-likeness (QED) is 0.779. The molecule has 0 spiro atoms. The second-order valence-corrected chi connectivity index (χ2v) is 3.65. The second-order valence-electron chi connectivity index (χ2n) is 3.65. The first kappa shape index (κ1) is 12.0. The molecule has 0 saturated heterocycles. The summed E-state index contributed by atoms with van der Waals surface area (Å²) in [6.45, 7) is 3.64. The van der Waals surface area contributed by atoms with Crippen LogP contribution in [0.15, 0.2) is 24.3 Å². The lowest BCUT2D eigenvalue weighted by Gasteiger charge is -2.23. The topological polar surface area (TPSA) is 29.3 Å². The first-order valence-corrected chi connectivity index (χ1v) is 5.35. The van der Waals surface area contributed by atoms with E-state index in [0.29, 0.717) is 13.1 Å². The normalized spacial score (nSPS) is 10.3. The molecule has 0 aliphatic heterocycles. The lowest BCUT2D eigenvalue weighted by atomic mass is 10.2. The zero-order valence-corrected chi connectivity index (χ0v) is 9.25. The first-order chi connectivity index (χ1) is 7.27. The van der Waals surface area contributed by atoms with Gasteiger partial charge in [0.15, 0.2) is 0 Å². The average molecular weight is 210 g/mol. The van der Waals surface area contributed by atoms with E-state index in [1.54, 1.807) is 0 Å². The van der Waals surface area contributed by atoms with Gasteiger partial charge in [-0.1, -0.05) is 17.7 Å². The number of halogens is 1. The predicted octanol–water partition coefficient (Wildman–Crippen LogP) is 2.12. The van der Waals surface area contributed by atoms with Crippen LogP contribution >= 0.6 is 0 Å². The Morgan fingerprint density at radius 2 is 1.87 bits per heavy atom. The summed E-state index contributed by atoms with van der Waals surface area (Å²) in [5.74, 6) is 0. The van der Waals surface area contributed by atoms with Gasteiger partial charge in [-0.05, 0) is 32.0 Å². The molecular formula is C12H19FN2. The molecule has 1 aromatic carbocycles. The van der Waals surface area contributed by atoms with E-state index in [9.17, 15) is 4.39 Å². The summed E-state index contributed by atoms with van der Waals surface area (Å²) in [4.78, 5) is 2.03. The van der Waals surface area contributed by atoms with Gasteiger partial charge in [0.25, 0.3) is 0 Å². The van der Waals surface area contributed by atoms with E-state index in [-0.39, 0.29) is 6.67 Å². The van der Waals surface area contributed by atoms with Crippen molar-refractivity contribution in [1.29, 1.82) is 0 Å². The van der Waals surface area contributed by atoms with Crippen LogP contribution in [0.2, 0.25) is 0 Å². The van der Waals surface area contributed by atoms with Gasteiger partial charge in [0.1, 0.15) is 6.67 Å². The molecule has 0 unspecified atom stereocenters. The molecule has 2 N–H and O–H groups in total. The SMILES string of the molecule is Cc1ccc(N(CCF)CCCN)cc1. The highest BCUT2D eigenvalue weighted by Crippen LogP contribution is 2.15. The summed E-state index contributed by atoms with van der Waals surface area (Å²) in [5, 5.41) is 0. The molecule has 0 atom stereocenters. The van der Waals surface area contributed by atoms with E-state index in [4.69, 9.17) is 5.73 Å². The third-order valence-electron chi connectivity index (χ3n) is 2.39. The van der Waals surface area contributed by atoms with E-state index < -0.39 is 0 Å². The Balaban J connectivity index is 2.65. The van der Waals surface area contributed by atoms with Crippen LogP contribution in [0.3, 0.4) is 0 Å². The fourth-order valence-corrected chi connectivity index (χ4v) is 1.51. The number of aryl methyl sites for hydroxylation is 1. The molecule has 15 heavy (non-hydrogen) atoms. The van der Waals surface area contributed by atoms with Gasteiger partial charge in [0, 0.05) is 18.8 Å². The minimum absolute atomic E-state index is 0.321. The Labute approximate surface area is 90.9 Å². The highest BCUT2D eigenvalue weighted by Gasteiger charge is 2.04. The maximum absolute atomic E-state index is 12.4. The average Bonchev–Trinajstić information content (AvgIpc) is 2.25. The minimum atomic E-state index is -0.321. The van der Waals surface area contributed by atoms with Crippen LogP contribution in [0, 0.1) is 6.92 Å². The zero-order chi connectivity index (χ0) is 11.1. The largest absolute Gasteiger partial charge is 0.369 e. The number of nitrogens with zero attached hydrogens (tertiary/aromatic N) is 1. The van der Waals surface area contributed by atoms with E-state index in [1.807, 2.05) is 36.1 Å². The lowest BCUT2D eigenvalue weighted by Crippen LogP contribution is -2.28. The molecule has 1 aromatic rings. The molecule has 84 valence electrons. The van der Waals surface area contributed by atoms with Gasteiger partial charge in [0.2, 0.25) is 0 Å². The number of hydrogen-bond donors (Lipinski definition) is 1. The third-order valence-corrected chi connectivity index (χ3v) is 2.39. The molecule has 0 aromatic heterocycles. The molecule has 1 rings (SSSR count). The summed E-state index contributed by atoms with van der Waals surface area (Å²) >= 11 is 0. The van der Waals surface area contributed by atoms with Gasteiger partial charge in [-0.25, -0.2) is 4.39 Å². The summed E-state index contributed by atoms with van der Waals surface area (Å²) in [7, 11) is 0. The minimum Gasteiger partial charge on any atom is -0.369 e. The Bertz CT molecular complexity index is 271. The third kappa shape index (κ3) is 3.88. The highest BCUT2D eigenvalue weighted by molar-refractivity contribution is 5.47. The van der Waals surface area contributed by atoms with Crippen LogP contribution in [0.4, 0.5) is 10.1 Å². The van der Waals surface area contributed by atoms with E-state index in [0.717, 1.165) is 18.7 Å². The second kappa shape index (κ2) is 6.40. The van der Waals surface area contributed by atoms with Gasteiger partial charge < -0.3 is 10.6 Å². The number of rotatable bonds is 6. The summed E-state index contributed by atoms with van der Waals surface area (Å²) in [5.41, 5.74) is 7.75. The fraction of sp³-hybridized carbons (Fsp3) is 0.500. The molecule has 2 nitrogen and oxygen atoms in total. The maximum atomic E-state index is 12.4. The van der Waals surface area contributed by atoms with Crippen molar-refractivity contribution in [1.82, 2.24) is 0 Å². The molecule has 3 heteroatoms. The van der Waals surface area contributed by atoms with Crippen molar-refractivity contribution in [3.05, 3.63) is 29.8 Å². The molecule has 0 heterocycles. The van der Waals surface area contributed by atoms with Crippen molar-refractivity contribution in [2.45, 2.75) is 13.3 Å². The molecule has 0 bridgehead atoms. The van der Waals surface area contributed by atoms with Crippen molar-refractivity contribution in [3.8, 4) is 0 Å². The number of anilines is 1. The summed E-state index contributed by atoms with van der Waals surface area (Å²) in [6, 6.07) is 8.15. The Hall–Kier alpha value is -1.09. The molecule has 0 aliphatic carbocycles. The lowest BCUT2D eigenvalue weighted by molar-refractivity contribution is 0.488. The Morgan fingerprint density at radius 1 is 1.20 bits per heavy atom. The van der Waals surface area contributed by atoms with Crippen LogP contribution in [-0.2, 0) is 0 Å². The van der Waals surface area contributed by atoms with Crippen LogP contribution in [0.1, 0.15) is 12.0 Å². The van der Waals surface area contributed by atoms with Gasteiger partial charge >= 0.3 is 0 Å². The standard InChI is InChI=1S/C12H19FN2/c1-11-3-5-12(6-4-11)15(10-7-13)9-2-8-14/h3-6H,2,7-10,14H2,1H3. The Kier molecular flexibility index (Phi) is 5.12. The van der Waals surface area contributed by atoms with Crippen molar-refractivity contribution in [2.24, 2.45) is 5.73 Å².